The summed E-state index contributed by atoms with van der Waals surface area (Å²) in [6.07, 6.45) is 0. The first-order valence-electron chi connectivity index (χ1n) is 8.74. The van der Waals surface area contributed by atoms with E-state index in [0.717, 1.165) is 10.5 Å². The molecule has 0 bridgehead atoms. The Morgan fingerprint density at radius 3 is 1.85 bits per heavy atom. The second kappa shape index (κ2) is 7.12. The fraction of sp³-hybridized carbons (Fsp3) is 0.286. The highest BCUT2D eigenvalue weighted by Crippen LogP contribution is 2.26. The lowest BCUT2D eigenvalue weighted by Crippen LogP contribution is -2.49. The number of fused-ring (bicyclic) bond motifs is 1. The molecule has 0 unspecified atom stereocenters. The van der Waals surface area contributed by atoms with Crippen LogP contribution in [0.15, 0.2) is 54.6 Å². The maximum absolute atomic E-state index is 12.8. The lowest BCUT2D eigenvalue weighted by Gasteiger charge is -2.27. The first kappa shape index (κ1) is 17.9. The second-order valence-corrected chi connectivity index (χ2v) is 6.84. The van der Waals surface area contributed by atoms with Crippen molar-refractivity contribution in [2.75, 3.05) is 0 Å². The van der Waals surface area contributed by atoms with Crippen LogP contribution in [0.3, 0.4) is 0 Å². The number of carbonyl (C=O) groups excluding carboxylic acids is 3. The van der Waals surface area contributed by atoms with Crippen LogP contribution in [-0.4, -0.2) is 28.7 Å². The first-order valence-corrected chi connectivity index (χ1v) is 8.74. The van der Waals surface area contributed by atoms with Crippen molar-refractivity contribution in [1.29, 1.82) is 0 Å². The third kappa shape index (κ3) is 3.12. The normalized spacial score (nSPS) is 15.8. The Kier molecular flexibility index (Phi) is 4.89. The zero-order valence-corrected chi connectivity index (χ0v) is 15.1. The second-order valence-electron chi connectivity index (χ2n) is 6.84. The van der Waals surface area contributed by atoms with Crippen molar-refractivity contribution in [1.82, 2.24) is 10.2 Å². The van der Waals surface area contributed by atoms with E-state index in [9.17, 15) is 14.4 Å². The number of nitrogens with one attached hydrogen (secondary N) is 1. The Labute approximate surface area is 153 Å². The molecule has 0 aliphatic carbocycles. The molecule has 1 aliphatic heterocycles. The summed E-state index contributed by atoms with van der Waals surface area (Å²) in [5.74, 6) is -1.03. The molecule has 0 saturated carbocycles. The molecule has 0 fully saturated rings. The van der Waals surface area contributed by atoms with E-state index in [1.807, 2.05) is 44.2 Å². The van der Waals surface area contributed by atoms with Gasteiger partial charge in [-0.3, -0.25) is 19.3 Å². The van der Waals surface area contributed by atoms with Crippen LogP contribution in [0.5, 0.6) is 0 Å². The average Bonchev–Trinajstić information content (AvgIpc) is 2.90. The smallest absolute Gasteiger partial charge is 0.262 e. The van der Waals surface area contributed by atoms with Gasteiger partial charge in [0.15, 0.2) is 0 Å². The molecule has 5 nitrogen and oxygen atoms in total. The zero-order valence-electron chi connectivity index (χ0n) is 15.1. The summed E-state index contributed by atoms with van der Waals surface area (Å²) in [5.41, 5.74) is 1.69. The van der Waals surface area contributed by atoms with Gasteiger partial charge in [0.2, 0.25) is 5.91 Å². The van der Waals surface area contributed by atoms with Crippen molar-refractivity contribution in [3.63, 3.8) is 0 Å². The van der Waals surface area contributed by atoms with E-state index in [0.29, 0.717) is 11.1 Å². The maximum Gasteiger partial charge on any atom is 0.262 e. The predicted octanol–water partition coefficient (Wildman–Crippen LogP) is 3.18. The van der Waals surface area contributed by atoms with Crippen LogP contribution >= 0.6 is 0 Å². The molecule has 3 rings (SSSR count). The molecule has 0 aromatic heterocycles. The van der Waals surface area contributed by atoms with E-state index in [2.05, 4.69) is 5.32 Å². The van der Waals surface area contributed by atoms with Crippen LogP contribution in [0, 0.1) is 5.92 Å². The highest BCUT2D eigenvalue weighted by atomic mass is 16.2. The fourth-order valence-corrected chi connectivity index (χ4v) is 3.25. The van der Waals surface area contributed by atoms with Gasteiger partial charge in [-0.2, -0.15) is 0 Å². The van der Waals surface area contributed by atoms with Gasteiger partial charge < -0.3 is 5.32 Å². The Balaban J connectivity index is 1.80. The summed E-state index contributed by atoms with van der Waals surface area (Å²) in [4.78, 5) is 39.0. The largest absolute Gasteiger partial charge is 0.347 e. The number of rotatable bonds is 5. The maximum atomic E-state index is 12.8. The molecule has 1 heterocycles. The van der Waals surface area contributed by atoms with Gasteiger partial charge in [0.05, 0.1) is 17.2 Å². The quantitative estimate of drug-likeness (QED) is 0.842. The SMILES string of the molecule is CC(C)[C@H](NC(=O)[C@H](C)N1C(=O)c2ccccc2C1=O)c1ccccc1. The standard InChI is InChI=1S/C21H22N2O3/c1-13(2)18(15-9-5-4-6-10-15)22-19(24)14(3)23-20(25)16-11-7-8-12-17(16)21(23)26/h4-14,18H,1-3H3,(H,22,24)/t14-,18-/m0/s1. The number of hydrogen-bond donors (Lipinski definition) is 1. The molecule has 0 saturated heterocycles. The summed E-state index contributed by atoms with van der Waals surface area (Å²) >= 11 is 0. The molecular formula is C21H22N2O3. The molecule has 1 N–H and O–H groups in total. The Bertz CT molecular complexity index is 810. The zero-order chi connectivity index (χ0) is 18.8. The molecule has 2 aromatic carbocycles. The van der Waals surface area contributed by atoms with E-state index < -0.39 is 17.9 Å². The minimum atomic E-state index is -0.882. The Morgan fingerprint density at radius 2 is 1.35 bits per heavy atom. The van der Waals surface area contributed by atoms with Crippen molar-refractivity contribution < 1.29 is 14.4 Å². The topological polar surface area (TPSA) is 66.5 Å². The molecule has 2 aromatic rings. The summed E-state index contributed by atoms with van der Waals surface area (Å²) in [7, 11) is 0. The molecule has 5 heteroatoms. The predicted molar refractivity (Wildman–Crippen MR) is 98.6 cm³/mol. The van der Waals surface area contributed by atoms with E-state index >= 15 is 0 Å². The highest BCUT2D eigenvalue weighted by Gasteiger charge is 2.41. The van der Waals surface area contributed by atoms with Crippen LogP contribution in [0.4, 0.5) is 0 Å². The minimum absolute atomic E-state index is 0.163. The van der Waals surface area contributed by atoms with Gasteiger partial charge in [0.25, 0.3) is 11.8 Å². The molecule has 0 radical (unpaired) electrons. The van der Waals surface area contributed by atoms with E-state index in [1.165, 1.54) is 0 Å². The van der Waals surface area contributed by atoms with Crippen LogP contribution in [0.2, 0.25) is 0 Å². The van der Waals surface area contributed by atoms with Crippen molar-refractivity contribution in [2.24, 2.45) is 5.92 Å². The van der Waals surface area contributed by atoms with Crippen molar-refractivity contribution in [2.45, 2.75) is 32.9 Å². The van der Waals surface area contributed by atoms with Crippen LogP contribution in [0.1, 0.15) is 53.1 Å². The molecule has 2 atom stereocenters. The fourth-order valence-electron chi connectivity index (χ4n) is 3.25. The van der Waals surface area contributed by atoms with Gasteiger partial charge >= 0.3 is 0 Å². The van der Waals surface area contributed by atoms with Crippen molar-refractivity contribution in [3.05, 3.63) is 71.3 Å². The van der Waals surface area contributed by atoms with Gasteiger partial charge in [0.1, 0.15) is 6.04 Å². The third-order valence-electron chi connectivity index (χ3n) is 4.72. The lowest BCUT2D eigenvalue weighted by molar-refractivity contribution is -0.125. The van der Waals surface area contributed by atoms with E-state index in [-0.39, 0.29) is 17.9 Å². The number of nitrogens with zero attached hydrogens (tertiary/aromatic N) is 1. The minimum Gasteiger partial charge on any atom is -0.347 e. The van der Waals surface area contributed by atoms with Crippen molar-refractivity contribution in [3.8, 4) is 0 Å². The summed E-state index contributed by atoms with van der Waals surface area (Å²) in [6.45, 7) is 5.62. The number of hydrogen-bond acceptors (Lipinski definition) is 3. The number of carbonyl (C=O) groups is 3. The van der Waals surface area contributed by atoms with Crippen LogP contribution < -0.4 is 5.32 Å². The lowest BCUT2D eigenvalue weighted by atomic mass is 9.95. The van der Waals surface area contributed by atoms with Gasteiger partial charge in [-0.25, -0.2) is 0 Å². The molecule has 134 valence electrons. The van der Waals surface area contributed by atoms with Gasteiger partial charge in [0, 0.05) is 0 Å². The number of amides is 3. The van der Waals surface area contributed by atoms with Gasteiger partial charge in [-0.05, 0) is 30.5 Å². The highest BCUT2D eigenvalue weighted by molar-refractivity contribution is 6.22. The Hall–Kier alpha value is -2.95. The average molecular weight is 350 g/mol. The van der Waals surface area contributed by atoms with Crippen LogP contribution in [-0.2, 0) is 4.79 Å². The summed E-state index contributed by atoms with van der Waals surface area (Å²) < 4.78 is 0. The molecular weight excluding hydrogens is 328 g/mol. The van der Waals surface area contributed by atoms with Gasteiger partial charge in [-0.15, -0.1) is 0 Å². The summed E-state index contributed by atoms with van der Waals surface area (Å²) in [6, 6.07) is 15.2. The monoisotopic (exact) mass is 350 g/mol. The van der Waals surface area contributed by atoms with E-state index in [4.69, 9.17) is 0 Å². The van der Waals surface area contributed by atoms with E-state index in [1.54, 1.807) is 31.2 Å². The number of benzene rings is 2. The van der Waals surface area contributed by atoms with Crippen LogP contribution in [0.25, 0.3) is 0 Å². The molecule has 0 spiro atoms. The van der Waals surface area contributed by atoms with Crippen molar-refractivity contribution >= 4 is 17.7 Å². The Morgan fingerprint density at radius 1 is 0.846 bits per heavy atom. The molecule has 3 amide bonds. The van der Waals surface area contributed by atoms with Gasteiger partial charge in [-0.1, -0.05) is 56.3 Å². The molecule has 26 heavy (non-hydrogen) atoms. The third-order valence-corrected chi connectivity index (χ3v) is 4.72. The molecule has 1 aliphatic rings. The first-order chi connectivity index (χ1) is 12.4. The summed E-state index contributed by atoms with van der Waals surface area (Å²) in [5, 5.41) is 2.99. The number of imide groups is 1.